The molecule has 160 valence electrons. The van der Waals surface area contributed by atoms with Crippen molar-refractivity contribution in [3.8, 4) is 0 Å². The molecule has 0 aliphatic carbocycles. The average molecular weight is 430 g/mol. The van der Waals surface area contributed by atoms with Crippen LogP contribution in [0.2, 0.25) is 0 Å². The van der Waals surface area contributed by atoms with Crippen molar-refractivity contribution in [3.05, 3.63) is 61.9 Å². The topological polar surface area (TPSA) is 100 Å². The van der Waals surface area contributed by atoms with Gasteiger partial charge in [-0.15, -0.1) is 0 Å². The van der Waals surface area contributed by atoms with Gasteiger partial charge in [0, 0.05) is 43.4 Å². The van der Waals surface area contributed by atoms with Gasteiger partial charge in [0.25, 0.3) is 11.5 Å². The van der Waals surface area contributed by atoms with Crippen molar-refractivity contribution < 1.29 is 4.79 Å². The molecule has 0 aromatic carbocycles. The minimum Gasteiger partial charge on any atom is -0.349 e. The summed E-state index contributed by atoms with van der Waals surface area (Å²) < 4.78 is 1.59. The number of rotatable bonds is 6. The Kier molecular flexibility index (Phi) is 6.69. The summed E-state index contributed by atoms with van der Waals surface area (Å²) in [5.74, 6) is 1.65. The van der Waals surface area contributed by atoms with Gasteiger partial charge in [0.2, 0.25) is 5.56 Å². The Morgan fingerprint density at radius 3 is 3.03 bits per heavy atom. The molecule has 1 atom stereocenters. The van der Waals surface area contributed by atoms with E-state index < -0.39 is 0 Å². The van der Waals surface area contributed by atoms with Crippen molar-refractivity contribution in [1.29, 1.82) is 0 Å². The Hall–Kier alpha value is -2.39. The van der Waals surface area contributed by atoms with Gasteiger partial charge >= 0.3 is 0 Å². The lowest BCUT2D eigenvalue weighted by atomic mass is 10.0. The SMILES string of the molecule is O=C(NCC1CCCCN1CCn1nc2c(cc1=O)CSCC2)c1cccc(=O)[nH]1. The van der Waals surface area contributed by atoms with Crippen molar-refractivity contribution in [2.45, 2.75) is 44.0 Å². The molecule has 0 saturated carbocycles. The molecule has 9 heteroatoms. The molecule has 8 nitrogen and oxygen atoms in total. The lowest BCUT2D eigenvalue weighted by Crippen LogP contribution is -2.48. The summed E-state index contributed by atoms with van der Waals surface area (Å²) in [6, 6.07) is 6.51. The molecule has 2 aliphatic rings. The Balaban J connectivity index is 1.36. The van der Waals surface area contributed by atoms with E-state index in [0.717, 1.165) is 61.5 Å². The molecule has 1 fully saturated rings. The molecule has 4 heterocycles. The maximum absolute atomic E-state index is 12.4. The Morgan fingerprint density at radius 1 is 1.27 bits per heavy atom. The third kappa shape index (κ3) is 5.02. The summed E-state index contributed by atoms with van der Waals surface area (Å²) in [6.07, 6.45) is 4.14. The molecule has 1 unspecified atom stereocenters. The lowest BCUT2D eigenvalue weighted by Gasteiger charge is -2.35. The Bertz CT molecular complexity index is 1020. The molecule has 0 bridgehead atoms. The Labute approximate surface area is 179 Å². The van der Waals surface area contributed by atoms with Gasteiger partial charge in [-0.05, 0) is 36.8 Å². The second-order valence-electron chi connectivity index (χ2n) is 7.80. The van der Waals surface area contributed by atoms with Gasteiger partial charge in [0.15, 0.2) is 0 Å². The first kappa shape index (κ1) is 20.9. The first-order valence-corrected chi connectivity index (χ1v) is 11.6. The van der Waals surface area contributed by atoms with E-state index in [-0.39, 0.29) is 28.8 Å². The van der Waals surface area contributed by atoms with E-state index in [4.69, 9.17) is 0 Å². The number of thioether (sulfide) groups is 1. The van der Waals surface area contributed by atoms with E-state index >= 15 is 0 Å². The number of aromatic nitrogens is 3. The first-order valence-electron chi connectivity index (χ1n) is 10.5. The van der Waals surface area contributed by atoms with Crippen LogP contribution in [0.15, 0.2) is 33.9 Å². The number of likely N-dealkylation sites (tertiary alicyclic amines) is 1. The van der Waals surface area contributed by atoms with Gasteiger partial charge < -0.3 is 10.3 Å². The van der Waals surface area contributed by atoms with Crippen LogP contribution in [0.4, 0.5) is 0 Å². The number of fused-ring (bicyclic) bond motifs is 1. The smallest absolute Gasteiger partial charge is 0.267 e. The number of aromatic amines is 1. The highest BCUT2D eigenvalue weighted by molar-refractivity contribution is 7.98. The second kappa shape index (κ2) is 9.61. The van der Waals surface area contributed by atoms with E-state index in [1.54, 1.807) is 22.9 Å². The highest BCUT2D eigenvalue weighted by atomic mass is 32.2. The van der Waals surface area contributed by atoms with Crippen molar-refractivity contribution in [2.24, 2.45) is 0 Å². The normalized spacial score (nSPS) is 19.3. The summed E-state index contributed by atoms with van der Waals surface area (Å²) in [7, 11) is 0. The number of nitrogens with zero attached hydrogens (tertiary/aromatic N) is 3. The van der Waals surface area contributed by atoms with Crippen LogP contribution in [0, 0.1) is 0 Å². The highest BCUT2D eigenvalue weighted by Gasteiger charge is 2.23. The predicted molar refractivity (Wildman–Crippen MR) is 117 cm³/mol. The van der Waals surface area contributed by atoms with Gasteiger partial charge in [-0.2, -0.15) is 16.9 Å². The molecular formula is C21H27N5O3S. The number of pyridine rings is 1. The fraction of sp³-hybridized carbons (Fsp3) is 0.524. The number of H-pyrrole nitrogens is 1. The summed E-state index contributed by atoms with van der Waals surface area (Å²) in [5.41, 5.74) is 2.07. The summed E-state index contributed by atoms with van der Waals surface area (Å²) in [4.78, 5) is 41.1. The standard InChI is InChI=1S/C21H27N5O3S/c27-19-6-3-5-18(23-19)21(29)22-13-16-4-1-2-8-25(16)9-10-26-20(28)12-15-14-30-11-7-17(15)24-26/h3,5-6,12,16H,1-2,4,7-11,13-14H2,(H,22,29)(H,23,27). The number of piperidine rings is 1. The third-order valence-corrected chi connectivity index (χ3v) is 6.77. The van der Waals surface area contributed by atoms with Crippen LogP contribution in [0.25, 0.3) is 0 Å². The summed E-state index contributed by atoms with van der Waals surface area (Å²) in [5, 5.41) is 7.54. The largest absolute Gasteiger partial charge is 0.349 e. The molecule has 2 aliphatic heterocycles. The zero-order valence-corrected chi connectivity index (χ0v) is 17.7. The number of amides is 1. The monoisotopic (exact) mass is 429 g/mol. The van der Waals surface area contributed by atoms with E-state index in [2.05, 4.69) is 20.3 Å². The number of hydrogen-bond acceptors (Lipinski definition) is 6. The molecule has 2 aromatic heterocycles. The molecule has 0 radical (unpaired) electrons. The van der Waals surface area contributed by atoms with Crippen molar-refractivity contribution >= 4 is 17.7 Å². The number of nitrogens with one attached hydrogen (secondary N) is 2. The van der Waals surface area contributed by atoms with Crippen LogP contribution >= 0.6 is 11.8 Å². The number of hydrogen-bond donors (Lipinski definition) is 2. The fourth-order valence-corrected chi connectivity index (χ4v) is 5.06. The fourth-order valence-electron chi connectivity index (χ4n) is 4.11. The average Bonchev–Trinajstić information content (AvgIpc) is 2.76. The van der Waals surface area contributed by atoms with E-state index in [0.29, 0.717) is 13.1 Å². The first-order chi connectivity index (χ1) is 14.6. The minimum absolute atomic E-state index is 0.0360. The van der Waals surface area contributed by atoms with Crippen LogP contribution in [0.1, 0.15) is 41.0 Å². The molecule has 4 rings (SSSR count). The van der Waals surface area contributed by atoms with Crippen LogP contribution in [-0.4, -0.2) is 57.0 Å². The third-order valence-electron chi connectivity index (χ3n) is 5.76. The number of carbonyl (C=O) groups excluding carboxylic acids is 1. The van der Waals surface area contributed by atoms with Crippen LogP contribution in [0.5, 0.6) is 0 Å². The van der Waals surface area contributed by atoms with Gasteiger partial charge in [0.05, 0.1) is 12.2 Å². The van der Waals surface area contributed by atoms with Gasteiger partial charge in [0.1, 0.15) is 5.69 Å². The highest BCUT2D eigenvalue weighted by Crippen LogP contribution is 2.21. The van der Waals surface area contributed by atoms with Crippen LogP contribution in [0.3, 0.4) is 0 Å². The van der Waals surface area contributed by atoms with Crippen molar-refractivity contribution in [3.63, 3.8) is 0 Å². The van der Waals surface area contributed by atoms with E-state index in [1.807, 2.05) is 11.8 Å². The van der Waals surface area contributed by atoms with Crippen molar-refractivity contribution in [1.82, 2.24) is 25.0 Å². The molecule has 0 spiro atoms. The molecule has 1 saturated heterocycles. The maximum Gasteiger partial charge on any atom is 0.267 e. The zero-order chi connectivity index (χ0) is 20.9. The summed E-state index contributed by atoms with van der Waals surface area (Å²) >= 11 is 1.84. The molecule has 2 N–H and O–H groups in total. The quantitative estimate of drug-likeness (QED) is 0.711. The summed E-state index contributed by atoms with van der Waals surface area (Å²) in [6.45, 7) is 2.73. The zero-order valence-electron chi connectivity index (χ0n) is 16.9. The number of carbonyl (C=O) groups is 1. The molecule has 30 heavy (non-hydrogen) atoms. The molecular weight excluding hydrogens is 402 g/mol. The predicted octanol–water partition coefficient (Wildman–Crippen LogP) is 1.01. The minimum atomic E-state index is -0.288. The van der Waals surface area contributed by atoms with Gasteiger partial charge in [-0.25, -0.2) is 4.68 Å². The molecule has 1 amide bonds. The van der Waals surface area contributed by atoms with Gasteiger partial charge in [-0.3, -0.25) is 19.3 Å². The second-order valence-corrected chi connectivity index (χ2v) is 8.91. The Morgan fingerprint density at radius 2 is 2.17 bits per heavy atom. The molecule has 2 aromatic rings. The van der Waals surface area contributed by atoms with E-state index in [1.165, 1.54) is 6.07 Å². The van der Waals surface area contributed by atoms with E-state index in [9.17, 15) is 14.4 Å². The lowest BCUT2D eigenvalue weighted by molar-refractivity contribution is 0.0904. The van der Waals surface area contributed by atoms with Crippen LogP contribution in [-0.2, 0) is 18.7 Å². The maximum atomic E-state index is 12.4. The number of aryl methyl sites for hydroxylation is 1. The van der Waals surface area contributed by atoms with Crippen molar-refractivity contribution in [2.75, 3.05) is 25.4 Å². The van der Waals surface area contributed by atoms with Gasteiger partial charge in [-0.1, -0.05) is 12.5 Å². The van der Waals surface area contributed by atoms with Crippen LogP contribution < -0.4 is 16.4 Å².